The first-order valence-electron chi connectivity index (χ1n) is 11.4. The number of urea groups is 1. The van der Waals surface area contributed by atoms with E-state index in [9.17, 15) is 14.4 Å². The smallest absolute Gasteiger partial charge is 0.317 e. The van der Waals surface area contributed by atoms with Gasteiger partial charge in [0, 0.05) is 32.2 Å². The summed E-state index contributed by atoms with van der Waals surface area (Å²) in [5.74, 6) is -0.269. The van der Waals surface area contributed by atoms with Crippen molar-refractivity contribution in [2.24, 2.45) is 5.92 Å². The van der Waals surface area contributed by atoms with Gasteiger partial charge in [0.25, 0.3) is 0 Å². The fourth-order valence-corrected chi connectivity index (χ4v) is 4.22. The molecule has 2 aromatic rings. The van der Waals surface area contributed by atoms with Crippen LogP contribution in [0.15, 0.2) is 30.9 Å². The van der Waals surface area contributed by atoms with Crippen LogP contribution < -0.4 is 10.6 Å². The Kier molecular flexibility index (Phi) is 8.49. The molecule has 0 spiro atoms. The van der Waals surface area contributed by atoms with Gasteiger partial charge in [0.05, 0.1) is 5.69 Å². The fourth-order valence-electron chi connectivity index (χ4n) is 4.03. The van der Waals surface area contributed by atoms with Crippen molar-refractivity contribution in [1.29, 1.82) is 0 Å². The van der Waals surface area contributed by atoms with Gasteiger partial charge in [-0.2, -0.15) is 5.10 Å². The number of carbonyl (C=O) groups excluding carboxylic acids is 3. The molecule has 1 fully saturated rings. The molecule has 0 aliphatic carbocycles. The molecule has 1 saturated heterocycles. The second kappa shape index (κ2) is 11.3. The lowest BCUT2D eigenvalue weighted by Crippen LogP contribution is -2.55. The van der Waals surface area contributed by atoms with Gasteiger partial charge in [0.1, 0.15) is 24.7 Å². The molecule has 0 bridgehead atoms. The molecule has 2 N–H and O–H groups in total. The Hall–Kier alpha value is -3.14. The van der Waals surface area contributed by atoms with Gasteiger partial charge >= 0.3 is 6.03 Å². The number of nitrogens with one attached hydrogen (secondary N) is 2. The van der Waals surface area contributed by atoms with E-state index in [2.05, 4.69) is 20.7 Å². The molecule has 2 heterocycles. The third kappa shape index (κ3) is 6.25. The molecule has 1 aromatic heterocycles. The predicted octanol–water partition coefficient (Wildman–Crippen LogP) is 2.21. The SMILES string of the molecule is CC(C)C[C@H](NC(=O)N(C)C)C(=O)N1CCC[C@H]1C(=O)NCc1cc(Cl)ccc1-n1cncn1. The van der Waals surface area contributed by atoms with Gasteiger partial charge in [0.2, 0.25) is 11.8 Å². The van der Waals surface area contributed by atoms with Crippen LogP contribution in [0.25, 0.3) is 5.69 Å². The second-order valence-electron chi connectivity index (χ2n) is 9.05. The molecule has 1 aromatic carbocycles. The van der Waals surface area contributed by atoms with Crippen LogP contribution in [-0.4, -0.2) is 75.1 Å². The summed E-state index contributed by atoms with van der Waals surface area (Å²) in [5.41, 5.74) is 1.53. The second-order valence-corrected chi connectivity index (χ2v) is 9.48. The zero-order valence-corrected chi connectivity index (χ0v) is 20.7. The molecular formula is C23H32ClN7O3. The zero-order chi connectivity index (χ0) is 24.8. The van der Waals surface area contributed by atoms with Crippen molar-refractivity contribution < 1.29 is 14.4 Å². The highest BCUT2D eigenvalue weighted by Gasteiger charge is 2.38. The van der Waals surface area contributed by atoms with Crippen LogP contribution in [0.4, 0.5) is 4.79 Å². The molecule has 184 valence electrons. The van der Waals surface area contributed by atoms with Gasteiger partial charge in [-0.3, -0.25) is 9.59 Å². The van der Waals surface area contributed by atoms with Gasteiger partial charge in [-0.15, -0.1) is 0 Å². The number of halogens is 1. The fraction of sp³-hybridized carbons (Fsp3) is 0.522. The normalized spacial score (nSPS) is 16.4. The summed E-state index contributed by atoms with van der Waals surface area (Å²) >= 11 is 6.18. The monoisotopic (exact) mass is 489 g/mol. The summed E-state index contributed by atoms with van der Waals surface area (Å²) in [6, 6.07) is 3.72. The Bertz CT molecular complexity index is 1010. The predicted molar refractivity (Wildman–Crippen MR) is 128 cm³/mol. The Morgan fingerprint density at radius 1 is 1.26 bits per heavy atom. The molecule has 2 atom stereocenters. The van der Waals surface area contributed by atoms with Crippen molar-refractivity contribution in [3.63, 3.8) is 0 Å². The van der Waals surface area contributed by atoms with Crippen molar-refractivity contribution in [2.45, 2.75) is 51.7 Å². The first-order valence-corrected chi connectivity index (χ1v) is 11.7. The molecule has 11 heteroatoms. The van der Waals surface area contributed by atoms with Crippen LogP contribution in [0.5, 0.6) is 0 Å². The maximum atomic E-state index is 13.4. The summed E-state index contributed by atoms with van der Waals surface area (Å²) in [4.78, 5) is 45.7. The minimum Gasteiger partial charge on any atom is -0.350 e. The summed E-state index contributed by atoms with van der Waals surface area (Å²) in [7, 11) is 3.25. The maximum Gasteiger partial charge on any atom is 0.317 e. The van der Waals surface area contributed by atoms with Crippen molar-refractivity contribution in [1.82, 2.24) is 35.2 Å². The molecule has 1 aliphatic rings. The lowest BCUT2D eigenvalue weighted by Gasteiger charge is -2.30. The highest BCUT2D eigenvalue weighted by molar-refractivity contribution is 6.30. The number of likely N-dealkylation sites (tertiary alicyclic amines) is 1. The zero-order valence-electron chi connectivity index (χ0n) is 20.0. The van der Waals surface area contributed by atoms with E-state index in [0.717, 1.165) is 17.7 Å². The highest BCUT2D eigenvalue weighted by Crippen LogP contribution is 2.22. The van der Waals surface area contributed by atoms with Crippen molar-refractivity contribution in [3.05, 3.63) is 41.4 Å². The average molecular weight is 490 g/mol. The Morgan fingerprint density at radius 3 is 2.68 bits per heavy atom. The summed E-state index contributed by atoms with van der Waals surface area (Å²) < 4.78 is 1.60. The Morgan fingerprint density at radius 2 is 2.03 bits per heavy atom. The van der Waals surface area contributed by atoms with Crippen molar-refractivity contribution in [2.75, 3.05) is 20.6 Å². The van der Waals surface area contributed by atoms with Gasteiger partial charge in [-0.05, 0) is 48.9 Å². The van der Waals surface area contributed by atoms with Crippen LogP contribution in [-0.2, 0) is 16.1 Å². The highest BCUT2D eigenvalue weighted by atomic mass is 35.5. The number of benzene rings is 1. The summed E-state index contributed by atoms with van der Waals surface area (Å²) in [5, 5.41) is 10.4. The lowest BCUT2D eigenvalue weighted by molar-refractivity contribution is -0.140. The number of hydrogen-bond acceptors (Lipinski definition) is 5. The molecule has 4 amide bonds. The number of rotatable bonds is 8. The van der Waals surface area contributed by atoms with Gasteiger partial charge in [-0.25, -0.2) is 14.5 Å². The molecule has 0 unspecified atom stereocenters. The first-order chi connectivity index (χ1) is 16.2. The molecule has 34 heavy (non-hydrogen) atoms. The van der Waals surface area contributed by atoms with E-state index >= 15 is 0 Å². The van der Waals surface area contributed by atoms with Gasteiger partial charge in [0.15, 0.2) is 0 Å². The summed E-state index contributed by atoms with van der Waals surface area (Å²) in [6.07, 6.45) is 4.79. The summed E-state index contributed by atoms with van der Waals surface area (Å²) in [6.45, 7) is 4.69. The van der Waals surface area contributed by atoms with Crippen LogP contribution in [0.2, 0.25) is 5.02 Å². The standard InChI is InChI=1S/C23H32ClN7O3/c1-15(2)10-18(28-23(34)29(3)4)22(33)30-9-5-6-20(30)21(32)26-12-16-11-17(24)7-8-19(16)31-14-25-13-27-31/h7-8,11,13-15,18,20H,5-6,9-10,12H2,1-4H3,(H,26,32)(H,28,34)/t18-,20-/m0/s1. The van der Waals surface area contributed by atoms with E-state index in [1.54, 1.807) is 42.1 Å². The van der Waals surface area contributed by atoms with Crippen LogP contribution in [0.1, 0.15) is 38.7 Å². The Balaban J connectivity index is 1.71. The van der Waals surface area contributed by atoms with Gasteiger partial charge in [-0.1, -0.05) is 25.4 Å². The third-order valence-electron chi connectivity index (χ3n) is 5.71. The largest absolute Gasteiger partial charge is 0.350 e. The molecule has 0 radical (unpaired) electrons. The van der Waals surface area contributed by atoms with Gasteiger partial charge < -0.3 is 20.4 Å². The van der Waals surface area contributed by atoms with Crippen molar-refractivity contribution >= 4 is 29.4 Å². The minimum atomic E-state index is -0.685. The minimum absolute atomic E-state index is 0.198. The van der Waals surface area contributed by atoms with E-state index in [0.29, 0.717) is 24.4 Å². The Labute approximate surface area is 204 Å². The number of amides is 4. The number of nitrogens with zero attached hydrogens (tertiary/aromatic N) is 5. The molecule has 10 nitrogen and oxygen atoms in total. The topological polar surface area (TPSA) is 112 Å². The van der Waals surface area contributed by atoms with E-state index in [-0.39, 0.29) is 30.3 Å². The molecule has 1 aliphatic heterocycles. The van der Waals surface area contributed by atoms with E-state index in [1.165, 1.54) is 11.2 Å². The maximum absolute atomic E-state index is 13.4. The van der Waals surface area contributed by atoms with E-state index in [4.69, 9.17) is 11.6 Å². The number of carbonyl (C=O) groups is 3. The van der Waals surface area contributed by atoms with Crippen LogP contribution in [0.3, 0.4) is 0 Å². The van der Waals surface area contributed by atoms with E-state index < -0.39 is 12.1 Å². The van der Waals surface area contributed by atoms with Crippen molar-refractivity contribution in [3.8, 4) is 5.69 Å². The lowest BCUT2D eigenvalue weighted by atomic mass is 10.0. The van der Waals surface area contributed by atoms with Crippen LogP contribution in [0, 0.1) is 5.92 Å². The first kappa shape index (κ1) is 25.5. The molecule has 0 saturated carbocycles. The van der Waals surface area contributed by atoms with E-state index in [1.807, 2.05) is 19.9 Å². The molecule has 3 rings (SSSR count). The van der Waals surface area contributed by atoms with Crippen LogP contribution >= 0.6 is 11.6 Å². The third-order valence-corrected chi connectivity index (χ3v) is 5.94. The molecular weight excluding hydrogens is 458 g/mol. The number of hydrogen-bond donors (Lipinski definition) is 2. The average Bonchev–Trinajstić information content (AvgIpc) is 3.48. The quantitative estimate of drug-likeness (QED) is 0.590. The number of aromatic nitrogens is 3.